The van der Waals surface area contributed by atoms with E-state index in [1.165, 1.54) is 32.1 Å². The molecule has 0 aromatic rings. The maximum Gasteiger partial charge on any atom is 0.0550 e. The number of aliphatic hydroxyl groups is 1. The van der Waals surface area contributed by atoms with Crippen LogP contribution in [0.2, 0.25) is 0 Å². The Morgan fingerprint density at radius 3 is 2.15 bits per heavy atom. The summed E-state index contributed by atoms with van der Waals surface area (Å²) >= 11 is 0. The molecule has 0 atom stereocenters. The first-order valence-corrected chi connectivity index (χ1v) is 5.42. The third kappa shape index (κ3) is 2.55. The molecule has 0 unspecified atom stereocenters. The minimum Gasteiger partial charge on any atom is -0.393 e. The van der Waals surface area contributed by atoms with E-state index in [9.17, 15) is 5.11 Å². The number of rotatable bonds is 1. The maximum atomic E-state index is 9.29. The molecule has 1 spiro atoms. The van der Waals surface area contributed by atoms with Crippen LogP contribution in [-0.2, 0) is 32.7 Å². The van der Waals surface area contributed by atoms with E-state index < -0.39 is 0 Å². The summed E-state index contributed by atoms with van der Waals surface area (Å²) < 4.78 is 0. The van der Waals surface area contributed by atoms with Gasteiger partial charge in [0.15, 0.2) is 0 Å². The molecule has 1 radical (unpaired) electrons. The van der Waals surface area contributed by atoms with Crippen LogP contribution < -0.4 is 0 Å². The van der Waals surface area contributed by atoms with Gasteiger partial charge in [0.1, 0.15) is 0 Å². The van der Waals surface area contributed by atoms with E-state index in [4.69, 9.17) is 0 Å². The molecule has 2 fully saturated rings. The largest absolute Gasteiger partial charge is 0.393 e. The van der Waals surface area contributed by atoms with Gasteiger partial charge in [-0.05, 0) is 49.9 Å². The molecule has 1 nitrogen and oxygen atoms in total. The van der Waals surface area contributed by atoms with Crippen molar-refractivity contribution < 1.29 is 37.8 Å². The number of aliphatic hydroxyl groups excluding tert-OH is 1. The molecule has 0 saturated heterocycles. The molecule has 0 amide bonds. The SMILES string of the molecule is CCC1CCC2(CC1)CC(O)C2.[Y]. The van der Waals surface area contributed by atoms with Crippen molar-refractivity contribution >= 4 is 0 Å². The van der Waals surface area contributed by atoms with Crippen LogP contribution in [0.4, 0.5) is 0 Å². The van der Waals surface area contributed by atoms with Crippen molar-refractivity contribution in [3.8, 4) is 0 Å². The first kappa shape index (κ1) is 12.1. The van der Waals surface area contributed by atoms with E-state index in [2.05, 4.69) is 6.92 Å². The summed E-state index contributed by atoms with van der Waals surface area (Å²) in [6, 6.07) is 0. The second-order valence-corrected chi connectivity index (χ2v) is 4.91. The molecule has 13 heavy (non-hydrogen) atoms. The van der Waals surface area contributed by atoms with Gasteiger partial charge < -0.3 is 5.11 Å². The Balaban J connectivity index is 0.000000845. The molecule has 0 aromatic carbocycles. The molecule has 0 aliphatic heterocycles. The van der Waals surface area contributed by atoms with Crippen LogP contribution in [0.1, 0.15) is 51.9 Å². The topological polar surface area (TPSA) is 20.2 Å². The van der Waals surface area contributed by atoms with Crippen molar-refractivity contribution in [3.05, 3.63) is 0 Å². The van der Waals surface area contributed by atoms with Crippen molar-refractivity contribution in [2.75, 3.05) is 0 Å². The van der Waals surface area contributed by atoms with Crippen molar-refractivity contribution in [3.63, 3.8) is 0 Å². The Hall–Kier alpha value is 1.06. The maximum absolute atomic E-state index is 9.29. The average Bonchev–Trinajstić information content (AvgIpc) is 2.04. The molecule has 2 rings (SSSR count). The van der Waals surface area contributed by atoms with Gasteiger partial charge in [-0.3, -0.25) is 0 Å². The van der Waals surface area contributed by atoms with Gasteiger partial charge in [-0.1, -0.05) is 13.3 Å². The van der Waals surface area contributed by atoms with Gasteiger partial charge in [0, 0.05) is 32.7 Å². The monoisotopic (exact) mass is 257 g/mol. The van der Waals surface area contributed by atoms with Crippen LogP contribution in [0, 0.1) is 11.3 Å². The van der Waals surface area contributed by atoms with Crippen molar-refractivity contribution in [1.82, 2.24) is 0 Å². The summed E-state index contributed by atoms with van der Waals surface area (Å²) in [5, 5.41) is 9.29. The van der Waals surface area contributed by atoms with Crippen LogP contribution >= 0.6 is 0 Å². The van der Waals surface area contributed by atoms with Crippen molar-refractivity contribution in [2.24, 2.45) is 11.3 Å². The van der Waals surface area contributed by atoms with E-state index >= 15 is 0 Å². The zero-order valence-corrected chi connectivity index (χ0v) is 11.5. The Morgan fingerprint density at radius 1 is 1.23 bits per heavy atom. The van der Waals surface area contributed by atoms with Gasteiger partial charge in [0.25, 0.3) is 0 Å². The van der Waals surface area contributed by atoms with Gasteiger partial charge >= 0.3 is 0 Å². The first-order chi connectivity index (χ1) is 5.74. The van der Waals surface area contributed by atoms with Crippen LogP contribution in [0.25, 0.3) is 0 Å². The summed E-state index contributed by atoms with van der Waals surface area (Å²) in [4.78, 5) is 0. The normalized spacial score (nSPS) is 43.8. The second-order valence-electron chi connectivity index (χ2n) is 4.91. The summed E-state index contributed by atoms with van der Waals surface area (Å²) in [6.45, 7) is 2.30. The first-order valence-electron chi connectivity index (χ1n) is 5.42. The zero-order chi connectivity index (χ0) is 8.60. The second kappa shape index (κ2) is 4.72. The summed E-state index contributed by atoms with van der Waals surface area (Å²) in [6.07, 6.45) is 9.23. The van der Waals surface area contributed by atoms with E-state index in [0.29, 0.717) is 5.41 Å². The Kier molecular flexibility index (Phi) is 4.41. The minimum absolute atomic E-state index is 0. The molecule has 0 bridgehead atoms. The Labute approximate surface area is 107 Å². The fourth-order valence-electron chi connectivity index (χ4n) is 3.05. The van der Waals surface area contributed by atoms with E-state index in [0.717, 1.165) is 18.8 Å². The van der Waals surface area contributed by atoms with Crippen LogP contribution in [0.15, 0.2) is 0 Å². The summed E-state index contributed by atoms with van der Waals surface area (Å²) in [5.74, 6) is 0.994. The van der Waals surface area contributed by atoms with E-state index in [-0.39, 0.29) is 38.8 Å². The number of hydrogen-bond donors (Lipinski definition) is 1. The van der Waals surface area contributed by atoms with Gasteiger partial charge in [-0.25, -0.2) is 0 Å². The standard InChI is InChI=1S/C11H20O.Y/c1-2-9-3-5-11(6-4-9)7-10(12)8-11;/h9-10,12H,2-8H2,1H3;. The molecule has 0 heterocycles. The van der Waals surface area contributed by atoms with Crippen LogP contribution in [0.3, 0.4) is 0 Å². The molecule has 2 saturated carbocycles. The smallest absolute Gasteiger partial charge is 0.0550 e. The van der Waals surface area contributed by atoms with Gasteiger partial charge in [0.05, 0.1) is 6.10 Å². The van der Waals surface area contributed by atoms with Crippen LogP contribution in [0.5, 0.6) is 0 Å². The van der Waals surface area contributed by atoms with Crippen molar-refractivity contribution in [2.45, 2.75) is 58.0 Å². The average molecular weight is 257 g/mol. The molecule has 0 aromatic heterocycles. The van der Waals surface area contributed by atoms with Crippen molar-refractivity contribution in [1.29, 1.82) is 0 Å². The third-order valence-electron chi connectivity index (χ3n) is 4.08. The van der Waals surface area contributed by atoms with E-state index in [1.54, 1.807) is 0 Å². The molecule has 2 aliphatic carbocycles. The van der Waals surface area contributed by atoms with E-state index in [1.807, 2.05) is 0 Å². The fraction of sp³-hybridized carbons (Fsp3) is 1.00. The quantitative estimate of drug-likeness (QED) is 0.765. The third-order valence-corrected chi connectivity index (χ3v) is 4.08. The molecule has 2 aliphatic rings. The van der Waals surface area contributed by atoms with Gasteiger partial charge in [0.2, 0.25) is 0 Å². The summed E-state index contributed by atoms with van der Waals surface area (Å²) in [7, 11) is 0. The zero-order valence-electron chi connectivity index (χ0n) is 8.63. The molecular formula is C11H20OY. The predicted molar refractivity (Wildman–Crippen MR) is 49.9 cm³/mol. The summed E-state index contributed by atoms with van der Waals surface area (Å²) in [5.41, 5.74) is 0.602. The minimum atomic E-state index is 0. The molecular weight excluding hydrogens is 237 g/mol. The molecule has 73 valence electrons. The Morgan fingerprint density at radius 2 is 1.77 bits per heavy atom. The van der Waals surface area contributed by atoms with Gasteiger partial charge in [-0.15, -0.1) is 0 Å². The Bertz CT molecular complexity index is 153. The fourth-order valence-corrected chi connectivity index (χ4v) is 3.05. The molecule has 1 N–H and O–H groups in total. The number of hydrogen-bond acceptors (Lipinski definition) is 1. The molecule has 2 heteroatoms. The van der Waals surface area contributed by atoms with Crippen LogP contribution in [-0.4, -0.2) is 11.2 Å². The van der Waals surface area contributed by atoms with Gasteiger partial charge in [-0.2, -0.15) is 0 Å². The predicted octanol–water partition coefficient (Wildman–Crippen LogP) is 2.73.